The lowest BCUT2D eigenvalue weighted by Crippen LogP contribution is -2.11. The van der Waals surface area contributed by atoms with Gasteiger partial charge in [0.1, 0.15) is 12.4 Å². The minimum Gasteiger partial charge on any atom is -0.489 e. The summed E-state index contributed by atoms with van der Waals surface area (Å²) in [5.74, 6) is -0.202. The molecule has 2 aromatic rings. The second-order valence-electron chi connectivity index (χ2n) is 4.65. The molecule has 114 valence electrons. The molecule has 0 atom stereocenters. The van der Waals surface area contributed by atoms with E-state index in [0.717, 1.165) is 5.56 Å². The predicted octanol–water partition coefficient (Wildman–Crippen LogP) is 3.86. The Kier molecular flexibility index (Phi) is 5.54. The summed E-state index contributed by atoms with van der Waals surface area (Å²) in [6, 6.07) is 13.0. The lowest BCUT2D eigenvalue weighted by Gasteiger charge is -2.12. The van der Waals surface area contributed by atoms with Gasteiger partial charge >= 0.3 is 5.97 Å². The topological polar surface area (TPSA) is 52.6 Å². The number of Topliss-reactive ketones (excluding diaryl/α,β-unsaturated/α-hetero) is 1. The summed E-state index contributed by atoms with van der Waals surface area (Å²) in [5, 5.41) is 0. The van der Waals surface area contributed by atoms with Crippen LogP contribution in [0.25, 0.3) is 0 Å². The number of hydrogen-bond acceptors (Lipinski definition) is 4. The van der Waals surface area contributed by atoms with Crippen LogP contribution in [0.4, 0.5) is 0 Å². The highest BCUT2D eigenvalue weighted by Gasteiger charge is 2.20. The Hall–Kier alpha value is -1.89. The molecule has 0 saturated heterocycles. The molecule has 0 aliphatic carbocycles. The number of halogens is 1. The van der Waals surface area contributed by atoms with Gasteiger partial charge in [-0.3, -0.25) is 4.79 Å². The average molecular weight is 410 g/mol. The predicted molar refractivity (Wildman–Crippen MR) is 91.3 cm³/mol. The summed E-state index contributed by atoms with van der Waals surface area (Å²) in [6.07, 6.45) is 0. The molecule has 0 bridgehead atoms. The zero-order chi connectivity index (χ0) is 16.1. The van der Waals surface area contributed by atoms with E-state index < -0.39 is 5.97 Å². The van der Waals surface area contributed by atoms with Gasteiger partial charge in [0, 0.05) is 9.13 Å². The van der Waals surface area contributed by atoms with Crippen molar-refractivity contribution in [1.29, 1.82) is 0 Å². The second-order valence-corrected chi connectivity index (χ2v) is 5.81. The third kappa shape index (κ3) is 3.85. The molecule has 0 fully saturated rings. The maximum absolute atomic E-state index is 11.9. The van der Waals surface area contributed by atoms with Gasteiger partial charge in [-0.15, -0.1) is 0 Å². The second kappa shape index (κ2) is 7.40. The first kappa shape index (κ1) is 16.5. The van der Waals surface area contributed by atoms with Crippen molar-refractivity contribution in [1.82, 2.24) is 0 Å². The number of ketones is 1. The smallest absolute Gasteiger partial charge is 0.338 e. The van der Waals surface area contributed by atoms with Gasteiger partial charge in [0.15, 0.2) is 5.78 Å². The Bertz CT molecular complexity index is 695. The number of methoxy groups -OCH3 is 1. The van der Waals surface area contributed by atoms with Gasteiger partial charge in [-0.2, -0.15) is 0 Å². The SMILES string of the molecule is COC(=O)c1cc(OCc2ccccc2)cc(I)c1C(C)=O. The third-order valence-electron chi connectivity index (χ3n) is 3.07. The molecule has 2 rings (SSSR count). The molecular formula is C17H15IO4. The Morgan fingerprint density at radius 2 is 1.82 bits per heavy atom. The van der Waals surface area contributed by atoms with Crippen LogP contribution in [0.5, 0.6) is 5.75 Å². The van der Waals surface area contributed by atoms with Gasteiger partial charge in [0.25, 0.3) is 0 Å². The van der Waals surface area contributed by atoms with Crippen molar-refractivity contribution < 1.29 is 19.1 Å². The van der Waals surface area contributed by atoms with Crippen LogP contribution in [-0.2, 0) is 11.3 Å². The van der Waals surface area contributed by atoms with Crippen LogP contribution in [0, 0.1) is 3.57 Å². The van der Waals surface area contributed by atoms with Crippen LogP contribution >= 0.6 is 22.6 Å². The fourth-order valence-electron chi connectivity index (χ4n) is 2.03. The van der Waals surface area contributed by atoms with Crippen molar-refractivity contribution >= 4 is 34.3 Å². The van der Waals surface area contributed by atoms with E-state index in [2.05, 4.69) is 0 Å². The first-order valence-corrected chi connectivity index (χ1v) is 7.70. The molecule has 0 heterocycles. The maximum atomic E-state index is 11.9. The summed E-state index contributed by atoms with van der Waals surface area (Å²) in [4.78, 5) is 23.6. The van der Waals surface area contributed by atoms with E-state index in [-0.39, 0.29) is 11.3 Å². The summed E-state index contributed by atoms with van der Waals surface area (Å²) in [6.45, 7) is 1.81. The fourth-order valence-corrected chi connectivity index (χ4v) is 3.01. The normalized spacial score (nSPS) is 10.1. The maximum Gasteiger partial charge on any atom is 0.338 e. The quantitative estimate of drug-likeness (QED) is 0.427. The standard InChI is InChI=1S/C17H15IO4/c1-11(19)16-14(17(20)21-2)8-13(9-15(16)18)22-10-12-6-4-3-5-7-12/h3-9H,10H2,1-2H3. The average Bonchev–Trinajstić information content (AvgIpc) is 2.52. The first-order chi connectivity index (χ1) is 10.5. The van der Waals surface area contributed by atoms with Crippen LogP contribution in [0.3, 0.4) is 0 Å². The third-order valence-corrected chi connectivity index (χ3v) is 3.92. The largest absolute Gasteiger partial charge is 0.489 e. The molecule has 0 aromatic heterocycles. The van der Waals surface area contributed by atoms with Crippen LogP contribution in [-0.4, -0.2) is 18.9 Å². The highest BCUT2D eigenvalue weighted by atomic mass is 127. The summed E-state index contributed by atoms with van der Waals surface area (Å²) >= 11 is 2.02. The van der Waals surface area contributed by atoms with Gasteiger partial charge in [-0.25, -0.2) is 4.79 Å². The van der Waals surface area contributed by atoms with E-state index in [9.17, 15) is 9.59 Å². The van der Waals surface area contributed by atoms with Gasteiger partial charge in [0.2, 0.25) is 0 Å². The van der Waals surface area contributed by atoms with Crippen molar-refractivity contribution in [2.75, 3.05) is 7.11 Å². The Labute approximate surface area is 142 Å². The molecule has 0 unspecified atom stereocenters. The molecule has 0 N–H and O–H groups in total. The van der Waals surface area contributed by atoms with Gasteiger partial charge in [0.05, 0.1) is 12.7 Å². The van der Waals surface area contributed by atoms with E-state index >= 15 is 0 Å². The van der Waals surface area contributed by atoms with Crippen molar-refractivity contribution in [2.45, 2.75) is 13.5 Å². The van der Waals surface area contributed by atoms with E-state index in [1.165, 1.54) is 14.0 Å². The Morgan fingerprint density at radius 3 is 2.41 bits per heavy atom. The molecule has 22 heavy (non-hydrogen) atoms. The van der Waals surface area contributed by atoms with Gasteiger partial charge in [-0.1, -0.05) is 30.3 Å². The minimum absolute atomic E-state index is 0.181. The molecular weight excluding hydrogens is 395 g/mol. The molecule has 0 amide bonds. The molecule has 0 saturated carbocycles. The number of carbonyl (C=O) groups excluding carboxylic acids is 2. The fraction of sp³-hybridized carbons (Fsp3) is 0.176. The molecule has 0 aliphatic rings. The molecule has 2 aromatic carbocycles. The molecule has 0 aliphatic heterocycles. The number of esters is 1. The lowest BCUT2D eigenvalue weighted by molar-refractivity contribution is 0.0596. The summed E-state index contributed by atoms with van der Waals surface area (Å²) < 4.78 is 11.1. The number of benzene rings is 2. The molecule has 0 spiro atoms. The molecule has 4 nitrogen and oxygen atoms in total. The number of rotatable bonds is 5. The monoisotopic (exact) mass is 410 g/mol. The van der Waals surface area contributed by atoms with Crippen LogP contribution in [0.2, 0.25) is 0 Å². The van der Waals surface area contributed by atoms with Gasteiger partial charge in [-0.05, 0) is 47.2 Å². The number of hydrogen-bond donors (Lipinski definition) is 0. The highest BCUT2D eigenvalue weighted by molar-refractivity contribution is 14.1. The molecule has 5 heteroatoms. The highest BCUT2D eigenvalue weighted by Crippen LogP contribution is 2.26. The van der Waals surface area contributed by atoms with Crippen LogP contribution < -0.4 is 4.74 Å². The first-order valence-electron chi connectivity index (χ1n) is 6.62. The van der Waals surface area contributed by atoms with E-state index in [1.54, 1.807) is 12.1 Å². The Balaban J connectivity index is 2.31. The van der Waals surface area contributed by atoms with E-state index in [0.29, 0.717) is 21.5 Å². The lowest BCUT2D eigenvalue weighted by atomic mass is 10.0. The van der Waals surface area contributed by atoms with Crippen LogP contribution in [0.1, 0.15) is 33.2 Å². The number of carbonyl (C=O) groups is 2. The van der Waals surface area contributed by atoms with E-state index in [4.69, 9.17) is 9.47 Å². The molecule has 0 radical (unpaired) electrons. The van der Waals surface area contributed by atoms with Crippen molar-refractivity contribution in [3.8, 4) is 5.75 Å². The van der Waals surface area contributed by atoms with Crippen molar-refractivity contribution in [3.05, 3.63) is 62.7 Å². The van der Waals surface area contributed by atoms with Crippen LogP contribution in [0.15, 0.2) is 42.5 Å². The summed E-state index contributed by atoms with van der Waals surface area (Å²) in [5.41, 5.74) is 1.61. The van der Waals surface area contributed by atoms with E-state index in [1.807, 2.05) is 52.9 Å². The van der Waals surface area contributed by atoms with Crippen molar-refractivity contribution in [3.63, 3.8) is 0 Å². The summed E-state index contributed by atoms with van der Waals surface area (Å²) in [7, 11) is 1.29. The zero-order valence-electron chi connectivity index (χ0n) is 12.3. The van der Waals surface area contributed by atoms with Gasteiger partial charge < -0.3 is 9.47 Å². The van der Waals surface area contributed by atoms with Crippen molar-refractivity contribution in [2.24, 2.45) is 0 Å². The minimum atomic E-state index is -0.548. The Morgan fingerprint density at radius 1 is 1.14 bits per heavy atom. The zero-order valence-corrected chi connectivity index (χ0v) is 14.4. The number of ether oxygens (including phenoxy) is 2.